The van der Waals surface area contributed by atoms with Crippen LogP contribution in [0.1, 0.15) is 31.0 Å². The summed E-state index contributed by atoms with van der Waals surface area (Å²) in [6.45, 7) is 4.48. The summed E-state index contributed by atoms with van der Waals surface area (Å²) in [6, 6.07) is 10.2. The fraction of sp³-hybridized carbons (Fsp3) is 0.238. The van der Waals surface area contributed by atoms with E-state index in [2.05, 4.69) is 5.32 Å². The van der Waals surface area contributed by atoms with E-state index in [0.29, 0.717) is 30.1 Å². The number of hydrogen-bond donors (Lipinski definition) is 3. The highest BCUT2D eigenvalue weighted by molar-refractivity contribution is 6.46. The Labute approximate surface area is 162 Å². The Morgan fingerprint density at radius 3 is 2.36 bits per heavy atom. The van der Waals surface area contributed by atoms with Gasteiger partial charge in [-0.2, -0.15) is 0 Å². The molecular weight excluding hydrogens is 362 g/mol. The highest BCUT2D eigenvalue weighted by Crippen LogP contribution is 2.37. The van der Waals surface area contributed by atoms with E-state index in [9.17, 15) is 19.8 Å². The number of carbonyl (C=O) groups excluding carboxylic acids is 2. The van der Waals surface area contributed by atoms with E-state index in [1.165, 1.54) is 12.1 Å². The van der Waals surface area contributed by atoms with Crippen molar-refractivity contribution in [1.29, 1.82) is 0 Å². The molecule has 1 amide bonds. The number of aliphatic hydroxyl groups excluding tert-OH is 1. The van der Waals surface area contributed by atoms with Crippen molar-refractivity contribution in [3.63, 3.8) is 0 Å². The highest BCUT2D eigenvalue weighted by atomic mass is 16.5. The normalized spacial score (nSPS) is 18.0. The molecule has 0 aromatic heterocycles. The minimum atomic E-state index is -0.855. The number of benzene rings is 2. The summed E-state index contributed by atoms with van der Waals surface area (Å²) in [7, 11) is 0. The number of rotatable bonds is 6. The van der Waals surface area contributed by atoms with Gasteiger partial charge in [-0.15, -0.1) is 0 Å². The van der Waals surface area contributed by atoms with E-state index in [0.717, 1.165) is 0 Å². The zero-order chi connectivity index (χ0) is 20.3. The van der Waals surface area contributed by atoms with Crippen molar-refractivity contribution in [1.82, 2.24) is 5.32 Å². The van der Waals surface area contributed by atoms with Gasteiger partial charge in [-0.25, -0.2) is 0 Å². The lowest BCUT2D eigenvalue weighted by atomic mass is 9.95. The number of ketones is 1. The van der Waals surface area contributed by atoms with Gasteiger partial charge in [0.25, 0.3) is 11.7 Å². The van der Waals surface area contributed by atoms with Gasteiger partial charge in [-0.1, -0.05) is 6.07 Å². The average molecular weight is 383 g/mol. The second kappa shape index (κ2) is 8.04. The monoisotopic (exact) mass is 383 g/mol. The molecule has 0 unspecified atom stereocenters. The first kappa shape index (κ1) is 19.3. The summed E-state index contributed by atoms with van der Waals surface area (Å²) in [4.78, 5) is 24.4. The van der Waals surface area contributed by atoms with E-state index in [-0.39, 0.29) is 22.8 Å². The summed E-state index contributed by atoms with van der Waals surface area (Å²) in [5, 5.41) is 23.2. The molecule has 7 nitrogen and oxygen atoms in total. The molecule has 1 aliphatic rings. The van der Waals surface area contributed by atoms with Gasteiger partial charge >= 0.3 is 0 Å². The molecule has 28 heavy (non-hydrogen) atoms. The maximum Gasteiger partial charge on any atom is 0.293 e. The van der Waals surface area contributed by atoms with Gasteiger partial charge in [-0.05, 0) is 55.8 Å². The topological polar surface area (TPSA) is 105 Å². The Bertz CT molecular complexity index is 932. The number of nitrogens with one attached hydrogen (secondary N) is 1. The molecule has 0 radical (unpaired) electrons. The number of Topliss-reactive ketones (excluding diaryl/α,β-unsaturated/α-hetero) is 1. The van der Waals surface area contributed by atoms with Crippen LogP contribution in [-0.2, 0) is 9.59 Å². The first-order valence-electron chi connectivity index (χ1n) is 8.93. The van der Waals surface area contributed by atoms with E-state index in [1.807, 2.05) is 6.92 Å². The predicted molar refractivity (Wildman–Crippen MR) is 102 cm³/mol. The number of phenols is 1. The first-order chi connectivity index (χ1) is 13.5. The smallest absolute Gasteiger partial charge is 0.293 e. The van der Waals surface area contributed by atoms with Crippen LogP contribution in [-0.4, -0.2) is 35.1 Å². The second-order valence-corrected chi connectivity index (χ2v) is 6.12. The molecule has 1 heterocycles. The lowest BCUT2D eigenvalue weighted by Gasteiger charge is -2.16. The lowest BCUT2D eigenvalue weighted by Crippen LogP contribution is -2.21. The SMILES string of the molecule is CCOc1ccc(C(O)=C2C(=O)C(=O)N[C@H]2c2ccc(O)c(OCC)c2)cc1. The molecule has 1 aliphatic heterocycles. The molecule has 0 bridgehead atoms. The lowest BCUT2D eigenvalue weighted by molar-refractivity contribution is -0.133. The Morgan fingerprint density at radius 2 is 1.71 bits per heavy atom. The molecule has 0 aliphatic carbocycles. The van der Waals surface area contributed by atoms with Crippen LogP contribution in [0.25, 0.3) is 5.76 Å². The van der Waals surface area contributed by atoms with Crippen LogP contribution < -0.4 is 14.8 Å². The number of phenolic OH excluding ortho intramolecular Hbond substituents is 1. The maximum atomic E-state index is 12.4. The largest absolute Gasteiger partial charge is 0.507 e. The van der Waals surface area contributed by atoms with Crippen LogP contribution in [0.4, 0.5) is 0 Å². The third kappa shape index (κ3) is 3.64. The van der Waals surface area contributed by atoms with Gasteiger partial charge in [0.05, 0.1) is 24.8 Å². The Hall–Kier alpha value is -3.48. The molecule has 1 atom stereocenters. The third-order valence-corrected chi connectivity index (χ3v) is 4.33. The highest BCUT2D eigenvalue weighted by Gasteiger charge is 2.39. The molecule has 146 valence electrons. The zero-order valence-corrected chi connectivity index (χ0v) is 15.6. The number of hydrogen-bond acceptors (Lipinski definition) is 6. The summed E-state index contributed by atoms with van der Waals surface area (Å²) >= 11 is 0. The Kier molecular flexibility index (Phi) is 5.54. The predicted octanol–water partition coefficient (Wildman–Crippen LogP) is 2.90. The van der Waals surface area contributed by atoms with Crippen molar-refractivity contribution in [2.45, 2.75) is 19.9 Å². The molecule has 3 rings (SSSR count). The van der Waals surface area contributed by atoms with Crippen molar-refractivity contribution < 1.29 is 29.3 Å². The molecule has 3 N–H and O–H groups in total. The molecule has 1 fully saturated rings. The van der Waals surface area contributed by atoms with Gasteiger partial charge in [0, 0.05) is 5.56 Å². The fourth-order valence-corrected chi connectivity index (χ4v) is 3.03. The van der Waals surface area contributed by atoms with Crippen molar-refractivity contribution in [3.05, 3.63) is 59.2 Å². The number of aromatic hydroxyl groups is 1. The van der Waals surface area contributed by atoms with Crippen molar-refractivity contribution in [2.75, 3.05) is 13.2 Å². The number of aliphatic hydroxyl groups is 1. The number of amides is 1. The van der Waals surface area contributed by atoms with Crippen LogP contribution in [0.2, 0.25) is 0 Å². The van der Waals surface area contributed by atoms with E-state index >= 15 is 0 Å². The van der Waals surface area contributed by atoms with Gasteiger partial charge in [-0.3, -0.25) is 9.59 Å². The molecule has 2 aromatic rings. The van der Waals surface area contributed by atoms with E-state index in [1.54, 1.807) is 37.3 Å². The molecule has 2 aromatic carbocycles. The zero-order valence-electron chi connectivity index (χ0n) is 15.6. The first-order valence-corrected chi connectivity index (χ1v) is 8.93. The van der Waals surface area contributed by atoms with Crippen molar-refractivity contribution in [3.8, 4) is 17.2 Å². The summed E-state index contributed by atoms with van der Waals surface area (Å²) < 4.78 is 10.7. The minimum absolute atomic E-state index is 0.0532. The summed E-state index contributed by atoms with van der Waals surface area (Å²) in [5.41, 5.74) is 0.840. The maximum absolute atomic E-state index is 12.4. The van der Waals surface area contributed by atoms with Crippen LogP contribution in [0, 0.1) is 0 Å². The van der Waals surface area contributed by atoms with Gasteiger partial charge in [0.15, 0.2) is 11.5 Å². The Balaban J connectivity index is 2.04. The van der Waals surface area contributed by atoms with Crippen LogP contribution in [0.3, 0.4) is 0 Å². The minimum Gasteiger partial charge on any atom is -0.507 e. The van der Waals surface area contributed by atoms with Crippen LogP contribution >= 0.6 is 0 Å². The molecule has 1 saturated heterocycles. The van der Waals surface area contributed by atoms with Crippen LogP contribution in [0.5, 0.6) is 17.2 Å². The van der Waals surface area contributed by atoms with Crippen molar-refractivity contribution >= 4 is 17.4 Å². The number of carbonyl (C=O) groups is 2. The summed E-state index contributed by atoms with van der Waals surface area (Å²) in [5.74, 6) is -1.09. The number of ether oxygens (including phenoxy) is 2. The average Bonchev–Trinajstić information content (AvgIpc) is 2.99. The quantitative estimate of drug-likeness (QED) is 0.402. The molecule has 7 heteroatoms. The van der Waals surface area contributed by atoms with E-state index < -0.39 is 17.7 Å². The van der Waals surface area contributed by atoms with Gasteiger partial charge in [0.2, 0.25) is 0 Å². The van der Waals surface area contributed by atoms with Gasteiger partial charge < -0.3 is 25.0 Å². The van der Waals surface area contributed by atoms with Crippen molar-refractivity contribution in [2.24, 2.45) is 0 Å². The molecular formula is C21H21NO6. The third-order valence-electron chi connectivity index (χ3n) is 4.33. The molecule has 0 spiro atoms. The van der Waals surface area contributed by atoms with Crippen LogP contribution in [0.15, 0.2) is 48.0 Å². The standard InChI is InChI=1S/C21H21NO6/c1-3-27-14-8-5-12(6-9-14)19(24)17-18(22-21(26)20(17)25)13-7-10-15(23)16(11-13)28-4-2/h5-11,18,23-24H,3-4H2,1-2H3,(H,22,26)/t18-/m0/s1. The molecule has 0 saturated carbocycles. The Morgan fingerprint density at radius 1 is 1.04 bits per heavy atom. The van der Waals surface area contributed by atoms with Gasteiger partial charge in [0.1, 0.15) is 11.5 Å². The second-order valence-electron chi connectivity index (χ2n) is 6.12. The fourth-order valence-electron chi connectivity index (χ4n) is 3.03. The van der Waals surface area contributed by atoms with E-state index in [4.69, 9.17) is 9.47 Å². The summed E-state index contributed by atoms with van der Waals surface area (Å²) in [6.07, 6.45) is 0.